The molecule has 0 unspecified atom stereocenters. The number of nitrogens with zero attached hydrogens (tertiary/aromatic N) is 1. The van der Waals surface area contributed by atoms with Crippen LogP contribution in [-0.4, -0.2) is 39.0 Å². The van der Waals surface area contributed by atoms with Gasteiger partial charge in [0.2, 0.25) is 5.91 Å². The molecule has 0 aliphatic carbocycles. The highest BCUT2D eigenvalue weighted by molar-refractivity contribution is 7.92. The summed E-state index contributed by atoms with van der Waals surface area (Å²) < 4.78 is 43.7. The van der Waals surface area contributed by atoms with Gasteiger partial charge in [-0.2, -0.15) is 0 Å². The van der Waals surface area contributed by atoms with Crippen LogP contribution < -0.4 is 9.64 Å². The van der Waals surface area contributed by atoms with E-state index in [-0.39, 0.29) is 17.5 Å². The van der Waals surface area contributed by atoms with Gasteiger partial charge in [-0.25, -0.2) is 12.8 Å². The number of hydrogen-bond acceptors (Lipinski definition) is 4. The van der Waals surface area contributed by atoms with Crippen LogP contribution in [0.15, 0.2) is 48.5 Å². The second-order valence-corrected chi connectivity index (χ2v) is 9.04. The van der Waals surface area contributed by atoms with E-state index in [2.05, 4.69) is 0 Å². The molecule has 28 heavy (non-hydrogen) atoms. The molecule has 0 saturated carbocycles. The molecule has 5 nitrogen and oxygen atoms in total. The average molecular weight is 408 g/mol. The van der Waals surface area contributed by atoms with Crippen molar-refractivity contribution in [1.29, 1.82) is 0 Å². The largest absolute Gasteiger partial charge is 0.494 e. The average Bonchev–Trinajstić information content (AvgIpc) is 2.62. The second kappa shape index (κ2) is 9.68. The third-order valence-corrected chi connectivity index (χ3v) is 5.90. The van der Waals surface area contributed by atoms with Gasteiger partial charge in [-0.05, 0) is 44.4 Å². The lowest BCUT2D eigenvalue weighted by atomic mass is 10.1. The van der Waals surface area contributed by atoms with E-state index >= 15 is 0 Å². The van der Waals surface area contributed by atoms with E-state index in [4.69, 9.17) is 4.74 Å². The third kappa shape index (κ3) is 6.05. The van der Waals surface area contributed by atoms with Crippen molar-refractivity contribution in [3.63, 3.8) is 0 Å². The summed E-state index contributed by atoms with van der Waals surface area (Å²) in [5.74, 6) is -1.79. The third-order valence-electron chi connectivity index (χ3n) is 4.31. The Kier molecular flexibility index (Phi) is 7.57. The summed E-state index contributed by atoms with van der Waals surface area (Å²) in [6.07, 6.45) is 1.07. The van der Waals surface area contributed by atoms with Crippen molar-refractivity contribution >= 4 is 21.4 Å². The maximum atomic E-state index is 14.0. The molecular formula is C21H26FNO4S. The SMILES string of the molecule is COc1ccc(N(C(=O)CS(=O)(=O)CCCc2ccccc2)C(C)C)cc1F. The van der Waals surface area contributed by atoms with Crippen LogP contribution in [0.25, 0.3) is 0 Å². The minimum atomic E-state index is -3.57. The summed E-state index contributed by atoms with van der Waals surface area (Å²) >= 11 is 0. The van der Waals surface area contributed by atoms with Crippen LogP contribution in [0.2, 0.25) is 0 Å². The van der Waals surface area contributed by atoms with Crippen molar-refractivity contribution in [2.45, 2.75) is 32.7 Å². The fraction of sp³-hybridized carbons (Fsp3) is 0.381. The highest BCUT2D eigenvalue weighted by atomic mass is 32.2. The first-order chi connectivity index (χ1) is 13.2. The van der Waals surface area contributed by atoms with Crippen molar-refractivity contribution in [2.24, 2.45) is 0 Å². The lowest BCUT2D eigenvalue weighted by Crippen LogP contribution is -2.41. The van der Waals surface area contributed by atoms with Gasteiger partial charge in [-0.3, -0.25) is 4.79 Å². The van der Waals surface area contributed by atoms with Crippen molar-refractivity contribution < 1.29 is 22.3 Å². The highest BCUT2D eigenvalue weighted by Crippen LogP contribution is 2.25. The number of sulfone groups is 1. The normalized spacial score (nSPS) is 11.5. The van der Waals surface area contributed by atoms with E-state index in [0.717, 1.165) is 5.56 Å². The fourth-order valence-electron chi connectivity index (χ4n) is 3.01. The maximum Gasteiger partial charge on any atom is 0.242 e. The van der Waals surface area contributed by atoms with Gasteiger partial charge in [0.25, 0.3) is 0 Å². The smallest absolute Gasteiger partial charge is 0.242 e. The molecule has 7 heteroatoms. The minimum absolute atomic E-state index is 0.0634. The number of hydrogen-bond donors (Lipinski definition) is 0. The van der Waals surface area contributed by atoms with Gasteiger partial charge in [-0.15, -0.1) is 0 Å². The Morgan fingerprint density at radius 1 is 1.14 bits per heavy atom. The van der Waals surface area contributed by atoms with Crippen LogP contribution in [0, 0.1) is 5.82 Å². The molecule has 0 atom stereocenters. The van der Waals surface area contributed by atoms with Crippen LogP contribution in [0.4, 0.5) is 10.1 Å². The van der Waals surface area contributed by atoms with Gasteiger partial charge in [0, 0.05) is 17.8 Å². The molecule has 2 aromatic rings. The molecule has 1 amide bonds. The molecule has 0 heterocycles. The molecule has 0 aliphatic rings. The van der Waals surface area contributed by atoms with Gasteiger partial charge in [0.1, 0.15) is 5.75 Å². The molecule has 0 N–H and O–H groups in total. The Labute approximate surface area is 166 Å². The molecule has 0 spiro atoms. The van der Waals surface area contributed by atoms with Gasteiger partial charge in [0.05, 0.1) is 12.9 Å². The Hall–Kier alpha value is -2.41. The van der Waals surface area contributed by atoms with E-state index in [1.54, 1.807) is 19.9 Å². The number of carbonyl (C=O) groups excluding carboxylic acids is 1. The Morgan fingerprint density at radius 3 is 2.39 bits per heavy atom. The Balaban J connectivity index is 2.05. The second-order valence-electron chi connectivity index (χ2n) is 6.86. The molecule has 0 aromatic heterocycles. The molecule has 0 aliphatic heterocycles. The number of aryl methyl sites for hydroxylation is 1. The van der Waals surface area contributed by atoms with E-state index in [0.29, 0.717) is 18.5 Å². The predicted octanol–water partition coefficient (Wildman–Crippen LogP) is 3.62. The zero-order chi connectivity index (χ0) is 20.7. The zero-order valence-electron chi connectivity index (χ0n) is 16.4. The van der Waals surface area contributed by atoms with Gasteiger partial charge >= 0.3 is 0 Å². The van der Waals surface area contributed by atoms with E-state index < -0.39 is 27.3 Å². The first-order valence-corrected chi connectivity index (χ1v) is 11.0. The number of halogens is 1. The number of rotatable bonds is 9. The Morgan fingerprint density at radius 2 is 1.82 bits per heavy atom. The Bertz CT molecular complexity index is 898. The van der Waals surface area contributed by atoms with Crippen LogP contribution in [0.3, 0.4) is 0 Å². The number of ether oxygens (including phenoxy) is 1. The van der Waals surface area contributed by atoms with Crippen LogP contribution >= 0.6 is 0 Å². The monoisotopic (exact) mass is 407 g/mol. The topological polar surface area (TPSA) is 63.7 Å². The number of carbonyl (C=O) groups is 1. The fourth-order valence-corrected chi connectivity index (χ4v) is 4.25. The highest BCUT2D eigenvalue weighted by Gasteiger charge is 2.25. The molecule has 0 fully saturated rings. The maximum absolute atomic E-state index is 14.0. The number of anilines is 1. The standard InChI is InChI=1S/C21H26FNO4S/c1-16(2)23(18-11-12-20(27-3)19(22)14-18)21(24)15-28(25,26)13-7-10-17-8-5-4-6-9-17/h4-6,8-9,11-12,14,16H,7,10,13,15H2,1-3H3. The quantitative estimate of drug-likeness (QED) is 0.637. The van der Waals surface area contributed by atoms with Crippen LogP contribution in [-0.2, 0) is 21.1 Å². The van der Waals surface area contributed by atoms with Crippen molar-refractivity contribution in [3.8, 4) is 5.75 Å². The van der Waals surface area contributed by atoms with Crippen LogP contribution in [0.1, 0.15) is 25.8 Å². The van der Waals surface area contributed by atoms with Gasteiger partial charge < -0.3 is 9.64 Å². The number of benzene rings is 2. The van der Waals surface area contributed by atoms with Crippen molar-refractivity contribution in [2.75, 3.05) is 23.5 Å². The van der Waals surface area contributed by atoms with Gasteiger partial charge in [0.15, 0.2) is 21.4 Å². The summed E-state index contributed by atoms with van der Waals surface area (Å²) in [5, 5.41) is 0. The summed E-state index contributed by atoms with van der Waals surface area (Å²) in [6.45, 7) is 3.50. The van der Waals surface area contributed by atoms with Crippen molar-refractivity contribution in [1.82, 2.24) is 0 Å². The lowest BCUT2D eigenvalue weighted by molar-refractivity contribution is -0.116. The van der Waals surface area contributed by atoms with E-state index in [1.807, 2.05) is 30.3 Å². The molecule has 152 valence electrons. The molecule has 0 bridgehead atoms. The van der Waals surface area contributed by atoms with Gasteiger partial charge in [-0.1, -0.05) is 30.3 Å². The number of amides is 1. The van der Waals surface area contributed by atoms with E-state index in [1.165, 1.54) is 24.1 Å². The first kappa shape index (κ1) is 21.9. The van der Waals surface area contributed by atoms with Crippen LogP contribution in [0.5, 0.6) is 5.75 Å². The molecule has 0 saturated heterocycles. The van der Waals surface area contributed by atoms with E-state index in [9.17, 15) is 17.6 Å². The predicted molar refractivity (Wildman–Crippen MR) is 109 cm³/mol. The number of methoxy groups -OCH3 is 1. The summed E-state index contributed by atoms with van der Waals surface area (Å²) in [6, 6.07) is 13.4. The molecule has 2 rings (SSSR count). The summed E-state index contributed by atoms with van der Waals surface area (Å²) in [7, 11) is -2.22. The van der Waals surface area contributed by atoms with Crippen molar-refractivity contribution in [3.05, 3.63) is 59.9 Å². The minimum Gasteiger partial charge on any atom is -0.494 e. The summed E-state index contributed by atoms with van der Waals surface area (Å²) in [5.41, 5.74) is 1.36. The molecular weight excluding hydrogens is 381 g/mol. The molecule has 0 radical (unpaired) electrons. The zero-order valence-corrected chi connectivity index (χ0v) is 17.2. The first-order valence-electron chi connectivity index (χ1n) is 9.13. The lowest BCUT2D eigenvalue weighted by Gasteiger charge is -2.27. The molecule has 2 aromatic carbocycles. The summed E-state index contributed by atoms with van der Waals surface area (Å²) in [4.78, 5) is 14.0.